The number of nitrogens with zero attached hydrogens (tertiary/aromatic N) is 2. The fourth-order valence-electron chi connectivity index (χ4n) is 3.83. The van der Waals surface area contributed by atoms with E-state index in [9.17, 15) is 0 Å². The van der Waals surface area contributed by atoms with Gasteiger partial charge in [-0.3, -0.25) is 4.57 Å². The van der Waals surface area contributed by atoms with Crippen molar-refractivity contribution in [1.82, 2.24) is 9.55 Å². The third-order valence-electron chi connectivity index (χ3n) is 5.22. The number of aryl methyl sites for hydroxylation is 3. The Bertz CT molecular complexity index is 1120. The van der Waals surface area contributed by atoms with Crippen molar-refractivity contribution in [1.29, 1.82) is 0 Å². The van der Waals surface area contributed by atoms with Crippen molar-refractivity contribution in [3.8, 4) is 34.0 Å². The maximum absolute atomic E-state index is 5.69. The summed E-state index contributed by atoms with van der Waals surface area (Å²) < 4.78 is 7.83. The summed E-state index contributed by atoms with van der Waals surface area (Å²) >= 11 is 0. The minimum absolute atomic E-state index is 0.871. The van der Waals surface area contributed by atoms with Gasteiger partial charge in [-0.15, -0.1) is 0 Å². The largest absolute Gasteiger partial charge is 0.496 e. The molecule has 1 heterocycles. The highest BCUT2D eigenvalue weighted by Crippen LogP contribution is 2.37. The minimum Gasteiger partial charge on any atom is -0.496 e. The second-order valence-corrected chi connectivity index (χ2v) is 7.09. The Morgan fingerprint density at radius 3 is 2.25 bits per heavy atom. The Kier molecular flexibility index (Phi) is 4.74. The van der Waals surface area contributed by atoms with Gasteiger partial charge in [0.15, 0.2) is 0 Å². The second kappa shape index (κ2) is 7.35. The van der Waals surface area contributed by atoms with Crippen LogP contribution in [0.1, 0.15) is 16.7 Å². The molecular weight excluding hydrogens is 344 g/mol. The molecular formula is C25H24N2O. The number of hydrogen-bond acceptors (Lipinski definition) is 2. The van der Waals surface area contributed by atoms with Gasteiger partial charge in [-0.05, 0) is 67.3 Å². The number of hydrogen-bond donors (Lipinski definition) is 0. The molecule has 0 bridgehead atoms. The summed E-state index contributed by atoms with van der Waals surface area (Å²) in [5.74, 6) is 1.79. The summed E-state index contributed by atoms with van der Waals surface area (Å²) in [6.07, 6.45) is 3.87. The van der Waals surface area contributed by atoms with Crippen molar-refractivity contribution in [3.63, 3.8) is 0 Å². The molecule has 0 aliphatic rings. The predicted octanol–water partition coefficient (Wildman–Crippen LogP) is 6.14. The van der Waals surface area contributed by atoms with Crippen LogP contribution in [0.2, 0.25) is 0 Å². The Morgan fingerprint density at radius 1 is 0.821 bits per heavy atom. The number of para-hydroxylation sites is 1. The zero-order chi connectivity index (χ0) is 19.7. The van der Waals surface area contributed by atoms with E-state index < -0.39 is 0 Å². The first-order valence-electron chi connectivity index (χ1n) is 9.44. The van der Waals surface area contributed by atoms with E-state index >= 15 is 0 Å². The summed E-state index contributed by atoms with van der Waals surface area (Å²) in [6, 6.07) is 21.0. The van der Waals surface area contributed by atoms with Crippen molar-refractivity contribution in [3.05, 3.63) is 89.7 Å². The Morgan fingerprint density at radius 2 is 1.54 bits per heavy atom. The first-order valence-corrected chi connectivity index (χ1v) is 9.44. The van der Waals surface area contributed by atoms with Gasteiger partial charge in [0.2, 0.25) is 0 Å². The van der Waals surface area contributed by atoms with Crippen LogP contribution in [0, 0.1) is 20.8 Å². The van der Waals surface area contributed by atoms with E-state index in [2.05, 4.69) is 84.9 Å². The van der Waals surface area contributed by atoms with E-state index in [1.54, 1.807) is 7.11 Å². The lowest BCUT2D eigenvalue weighted by molar-refractivity contribution is 0.416. The van der Waals surface area contributed by atoms with Crippen LogP contribution in [-0.4, -0.2) is 16.7 Å². The number of aromatic nitrogens is 2. The molecule has 0 aliphatic heterocycles. The third kappa shape index (κ3) is 3.09. The summed E-state index contributed by atoms with van der Waals surface area (Å²) in [6.45, 7) is 6.40. The fourth-order valence-corrected chi connectivity index (χ4v) is 3.83. The summed E-state index contributed by atoms with van der Waals surface area (Å²) in [7, 11) is 1.72. The Hall–Kier alpha value is -3.33. The molecule has 140 valence electrons. The molecule has 3 nitrogen and oxygen atoms in total. The fraction of sp³-hybridized carbons (Fsp3) is 0.160. The van der Waals surface area contributed by atoms with E-state index in [1.165, 1.54) is 22.3 Å². The molecule has 3 aromatic carbocycles. The van der Waals surface area contributed by atoms with Gasteiger partial charge in [-0.1, -0.05) is 36.4 Å². The van der Waals surface area contributed by atoms with Gasteiger partial charge in [0, 0.05) is 29.2 Å². The smallest absolute Gasteiger partial charge is 0.144 e. The monoisotopic (exact) mass is 368 g/mol. The maximum atomic E-state index is 5.69. The predicted molar refractivity (Wildman–Crippen MR) is 115 cm³/mol. The molecule has 3 heteroatoms. The van der Waals surface area contributed by atoms with Crippen LogP contribution in [-0.2, 0) is 0 Å². The van der Waals surface area contributed by atoms with E-state index in [0.717, 1.165) is 28.4 Å². The lowest BCUT2D eigenvalue weighted by Gasteiger charge is -2.16. The summed E-state index contributed by atoms with van der Waals surface area (Å²) in [4.78, 5) is 4.66. The molecule has 0 unspecified atom stereocenters. The van der Waals surface area contributed by atoms with Crippen molar-refractivity contribution in [2.45, 2.75) is 20.8 Å². The number of imidazole rings is 1. The summed E-state index contributed by atoms with van der Waals surface area (Å²) in [5.41, 5.74) is 8.19. The molecule has 4 aromatic rings. The van der Waals surface area contributed by atoms with Crippen LogP contribution >= 0.6 is 0 Å². The highest BCUT2D eigenvalue weighted by Gasteiger charge is 2.15. The van der Waals surface area contributed by atoms with Gasteiger partial charge in [-0.25, -0.2) is 4.98 Å². The number of ether oxygens (including phenoxy) is 1. The van der Waals surface area contributed by atoms with E-state index in [1.807, 2.05) is 18.5 Å². The molecule has 0 aliphatic carbocycles. The van der Waals surface area contributed by atoms with Gasteiger partial charge in [0.1, 0.15) is 11.6 Å². The van der Waals surface area contributed by atoms with Gasteiger partial charge in [-0.2, -0.15) is 0 Å². The normalized spacial score (nSPS) is 10.9. The summed E-state index contributed by atoms with van der Waals surface area (Å²) in [5, 5.41) is 0. The van der Waals surface area contributed by atoms with Crippen LogP contribution in [0.3, 0.4) is 0 Å². The average Bonchev–Trinajstić information content (AvgIpc) is 3.17. The molecule has 0 amide bonds. The van der Waals surface area contributed by atoms with Gasteiger partial charge in [0.05, 0.1) is 7.11 Å². The van der Waals surface area contributed by atoms with Crippen molar-refractivity contribution in [2.75, 3.05) is 7.11 Å². The standard InChI is InChI=1S/C25H24N2O/c1-17-8-5-6-11-22(17)27-15-14-26-25(27)20-12-13-23(28-4)21(16-20)24-18(2)9-7-10-19(24)3/h5-16H,1-4H3. The minimum atomic E-state index is 0.871. The molecule has 28 heavy (non-hydrogen) atoms. The van der Waals surface area contributed by atoms with E-state index in [0.29, 0.717) is 0 Å². The number of methoxy groups -OCH3 is 1. The van der Waals surface area contributed by atoms with Gasteiger partial charge in [0.25, 0.3) is 0 Å². The lowest BCUT2D eigenvalue weighted by Crippen LogP contribution is -1.99. The Balaban J connectivity index is 1.91. The van der Waals surface area contributed by atoms with Crippen LogP contribution in [0.15, 0.2) is 73.1 Å². The zero-order valence-electron chi connectivity index (χ0n) is 16.7. The van der Waals surface area contributed by atoms with Crippen molar-refractivity contribution in [2.24, 2.45) is 0 Å². The van der Waals surface area contributed by atoms with Crippen LogP contribution in [0.25, 0.3) is 28.2 Å². The molecule has 0 fully saturated rings. The van der Waals surface area contributed by atoms with Crippen LogP contribution in [0.4, 0.5) is 0 Å². The second-order valence-electron chi connectivity index (χ2n) is 7.09. The molecule has 0 atom stereocenters. The average molecular weight is 368 g/mol. The highest BCUT2D eigenvalue weighted by atomic mass is 16.5. The van der Waals surface area contributed by atoms with E-state index in [-0.39, 0.29) is 0 Å². The Labute approximate surface area is 166 Å². The molecule has 0 saturated carbocycles. The molecule has 0 N–H and O–H groups in total. The van der Waals surface area contributed by atoms with Crippen LogP contribution in [0.5, 0.6) is 5.75 Å². The third-order valence-corrected chi connectivity index (χ3v) is 5.22. The quantitative estimate of drug-likeness (QED) is 0.432. The molecule has 0 spiro atoms. The zero-order valence-corrected chi connectivity index (χ0v) is 16.7. The maximum Gasteiger partial charge on any atom is 0.144 e. The molecule has 1 aromatic heterocycles. The molecule has 0 saturated heterocycles. The molecule has 0 radical (unpaired) electrons. The van der Waals surface area contributed by atoms with Crippen molar-refractivity contribution >= 4 is 0 Å². The van der Waals surface area contributed by atoms with Gasteiger partial charge < -0.3 is 4.74 Å². The SMILES string of the molecule is COc1ccc(-c2nccn2-c2ccccc2C)cc1-c1c(C)cccc1C. The lowest BCUT2D eigenvalue weighted by atomic mass is 9.93. The van der Waals surface area contributed by atoms with Crippen LogP contribution < -0.4 is 4.74 Å². The number of rotatable bonds is 4. The van der Waals surface area contributed by atoms with Crippen molar-refractivity contribution < 1.29 is 4.74 Å². The first kappa shape index (κ1) is 18.1. The van der Waals surface area contributed by atoms with E-state index in [4.69, 9.17) is 4.74 Å². The highest BCUT2D eigenvalue weighted by molar-refractivity contribution is 5.80. The topological polar surface area (TPSA) is 27.1 Å². The first-order chi connectivity index (χ1) is 13.6. The van der Waals surface area contributed by atoms with Gasteiger partial charge >= 0.3 is 0 Å². The molecule has 4 rings (SSSR count). The number of benzene rings is 3.